The van der Waals surface area contributed by atoms with Crippen molar-refractivity contribution in [3.8, 4) is 27.8 Å². The third kappa shape index (κ3) is 3.00. The van der Waals surface area contributed by atoms with Crippen LogP contribution >= 0.6 is 27.3 Å². The van der Waals surface area contributed by atoms with E-state index in [4.69, 9.17) is 5.73 Å². The Kier molecular flexibility index (Phi) is 4.20. The predicted molar refractivity (Wildman–Crippen MR) is 99.3 cm³/mol. The maximum atomic E-state index is 9.44. The standard InChI is InChI=1S/C18H14BrN3S/c1-10-3-4-13(11(2)5-10)16-7-14(15(8-20)18(21)22-16)17-6-12(19)9-23-17/h3-7,9H,1-2H3,(H2,21,22). The number of hydrogen-bond acceptors (Lipinski definition) is 4. The number of aromatic nitrogens is 1. The van der Waals surface area contributed by atoms with Gasteiger partial charge in [-0.1, -0.05) is 23.8 Å². The van der Waals surface area contributed by atoms with Crippen molar-refractivity contribution in [2.45, 2.75) is 13.8 Å². The van der Waals surface area contributed by atoms with Crippen LogP contribution in [0.15, 0.2) is 40.2 Å². The van der Waals surface area contributed by atoms with Gasteiger partial charge in [0.25, 0.3) is 0 Å². The smallest absolute Gasteiger partial charge is 0.142 e. The van der Waals surface area contributed by atoms with E-state index in [0.717, 1.165) is 31.7 Å². The maximum Gasteiger partial charge on any atom is 0.142 e. The van der Waals surface area contributed by atoms with Gasteiger partial charge in [-0.05, 0) is 47.5 Å². The van der Waals surface area contributed by atoms with Crippen LogP contribution in [0.5, 0.6) is 0 Å². The highest BCUT2D eigenvalue weighted by Gasteiger charge is 2.15. The minimum absolute atomic E-state index is 0.268. The lowest BCUT2D eigenvalue weighted by atomic mass is 9.99. The average Bonchev–Trinajstić information content (AvgIpc) is 2.93. The fourth-order valence-electron chi connectivity index (χ4n) is 2.57. The number of aryl methyl sites for hydroxylation is 2. The molecule has 0 fully saturated rings. The summed E-state index contributed by atoms with van der Waals surface area (Å²) >= 11 is 5.03. The van der Waals surface area contributed by atoms with E-state index in [9.17, 15) is 5.26 Å². The van der Waals surface area contributed by atoms with Gasteiger partial charge in [0.1, 0.15) is 17.5 Å². The zero-order chi connectivity index (χ0) is 16.6. The molecule has 2 aromatic heterocycles. The third-order valence-corrected chi connectivity index (χ3v) is 5.37. The van der Waals surface area contributed by atoms with Gasteiger partial charge in [0.2, 0.25) is 0 Å². The second-order valence-corrected chi connectivity index (χ2v) is 7.20. The van der Waals surface area contributed by atoms with Crippen molar-refractivity contribution in [3.63, 3.8) is 0 Å². The number of nitrogens with zero attached hydrogens (tertiary/aromatic N) is 2. The molecule has 3 rings (SSSR count). The number of thiophene rings is 1. The summed E-state index contributed by atoms with van der Waals surface area (Å²) in [5.74, 6) is 0.268. The van der Waals surface area contributed by atoms with Gasteiger partial charge >= 0.3 is 0 Å². The van der Waals surface area contributed by atoms with Gasteiger partial charge in [-0.2, -0.15) is 5.26 Å². The summed E-state index contributed by atoms with van der Waals surface area (Å²) in [6.07, 6.45) is 0. The lowest BCUT2D eigenvalue weighted by molar-refractivity contribution is 1.29. The van der Waals surface area contributed by atoms with Crippen LogP contribution in [0.4, 0.5) is 5.82 Å². The van der Waals surface area contributed by atoms with E-state index in [0.29, 0.717) is 5.56 Å². The fraction of sp³-hybridized carbons (Fsp3) is 0.111. The Morgan fingerprint density at radius 1 is 1.17 bits per heavy atom. The molecule has 0 aliphatic rings. The van der Waals surface area contributed by atoms with Gasteiger partial charge in [0.15, 0.2) is 0 Å². The summed E-state index contributed by atoms with van der Waals surface area (Å²) in [5.41, 5.74) is 11.5. The summed E-state index contributed by atoms with van der Waals surface area (Å²) in [7, 11) is 0. The highest BCUT2D eigenvalue weighted by atomic mass is 79.9. The van der Waals surface area contributed by atoms with Crippen molar-refractivity contribution in [1.29, 1.82) is 5.26 Å². The van der Waals surface area contributed by atoms with Crippen LogP contribution in [-0.2, 0) is 0 Å². The Morgan fingerprint density at radius 2 is 1.96 bits per heavy atom. The average molecular weight is 384 g/mol. The minimum Gasteiger partial charge on any atom is -0.383 e. The summed E-state index contributed by atoms with van der Waals surface area (Å²) < 4.78 is 0.991. The highest BCUT2D eigenvalue weighted by molar-refractivity contribution is 9.10. The van der Waals surface area contributed by atoms with E-state index >= 15 is 0 Å². The first-order valence-corrected chi connectivity index (χ1v) is 8.69. The monoisotopic (exact) mass is 383 g/mol. The molecule has 0 bridgehead atoms. The third-order valence-electron chi connectivity index (χ3n) is 3.65. The second kappa shape index (κ2) is 6.15. The van der Waals surface area contributed by atoms with Crippen LogP contribution in [0.3, 0.4) is 0 Å². The normalized spacial score (nSPS) is 10.5. The lowest BCUT2D eigenvalue weighted by Crippen LogP contribution is -2.00. The van der Waals surface area contributed by atoms with Crippen molar-refractivity contribution in [2.75, 3.05) is 5.73 Å². The minimum atomic E-state index is 0.268. The van der Waals surface area contributed by atoms with E-state index < -0.39 is 0 Å². The van der Waals surface area contributed by atoms with Crippen molar-refractivity contribution < 1.29 is 0 Å². The van der Waals surface area contributed by atoms with E-state index in [1.807, 2.05) is 23.6 Å². The number of nitriles is 1. The van der Waals surface area contributed by atoms with Gasteiger partial charge in [0.05, 0.1) is 5.69 Å². The number of rotatable bonds is 2. The Labute approximate surface area is 147 Å². The largest absolute Gasteiger partial charge is 0.383 e. The van der Waals surface area contributed by atoms with Crippen LogP contribution in [0.2, 0.25) is 0 Å². The molecule has 0 spiro atoms. The van der Waals surface area contributed by atoms with Crippen LogP contribution in [-0.4, -0.2) is 4.98 Å². The fourth-order valence-corrected chi connectivity index (χ4v) is 4.02. The number of pyridine rings is 1. The molecular weight excluding hydrogens is 370 g/mol. The summed E-state index contributed by atoms with van der Waals surface area (Å²) in [4.78, 5) is 5.44. The molecule has 0 aliphatic heterocycles. The summed E-state index contributed by atoms with van der Waals surface area (Å²) in [6.45, 7) is 4.12. The molecule has 2 N–H and O–H groups in total. The topological polar surface area (TPSA) is 62.7 Å². The van der Waals surface area contributed by atoms with Crippen molar-refractivity contribution >= 4 is 33.1 Å². The van der Waals surface area contributed by atoms with E-state index in [1.165, 1.54) is 5.56 Å². The molecule has 0 saturated carbocycles. The first-order valence-electron chi connectivity index (χ1n) is 7.02. The van der Waals surface area contributed by atoms with Crippen LogP contribution in [0.1, 0.15) is 16.7 Å². The molecule has 3 aromatic rings. The first-order chi connectivity index (χ1) is 11.0. The van der Waals surface area contributed by atoms with E-state index in [-0.39, 0.29) is 5.82 Å². The zero-order valence-corrected chi connectivity index (χ0v) is 15.1. The first kappa shape index (κ1) is 15.7. The highest BCUT2D eigenvalue weighted by Crippen LogP contribution is 2.36. The Hall–Kier alpha value is -2.16. The number of nitrogens with two attached hydrogens (primary N) is 1. The van der Waals surface area contributed by atoms with Crippen molar-refractivity contribution in [2.24, 2.45) is 0 Å². The van der Waals surface area contributed by atoms with Crippen molar-refractivity contribution in [3.05, 3.63) is 56.9 Å². The molecule has 5 heteroatoms. The quantitative estimate of drug-likeness (QED) is 0.651. The Morgan fingerprint density at radius 3 is 2.57 bits per heavy atom. The van der Waals surface area contributed by atoms with Gasteiger partial charge in [-0.25, -0.2) is 4.98 Å². The lowest BCUT2D eigenvalue weighted by Gasteiger charge is -2.11. The second-order valence-electron chi connectivity index (χ2n) is 5.37. The molecule has 0 amide bonds. The van der Waals surface area contributed by atoms with Crippen LogP contribution < -0.4 is 5.73 Å². The summed E-state index contributed by atoms with van der Waals surface area (Å²) in [6, 6.07) is 12.3. The molecule has 0 atom stereocenters. The molecule has 1 aromatic carbocycles. The maximum absolute atomic E-state index is 9.44. The number of nitrogen functional groups attached to an aromatic ring is 1. The molecule has 0 saturated heterocycles. The molecule has 0 aliphatic carbocycles. The van der Waals surface area contributed by atoms with Crippen molar-refractivity contribution in [1.82, 2.24) is 4.98 Å². The van der Waals surface area contributed by atoms with Gasteiger partial charge in [0, 0.05) is 25.9 Å². The molecule has 2 heterocycles. The number of benzene rings is 1. The number of halogens is 1. The number of hydrogen-bond donors (Lipinski definition) is 1. The molecule has 0 unspecified atom stereocenters. The van der Waals surface area contributed by atoms with Gasteiger partial charge < -0.3 is 5.73 Å². The molecule has 3 nitrogen and oxygen atoms in total. The van der Waals surface area contributed by atoms with E-state index in [2.05, 4.69) is 53.0 Å². The van der Waals surface area contributed by atoms with Crippen LogP contribution in [0.25, 0.3) is 21.7 Å². The van der Waals surface area contributed by atoms with E-state index in [1.54, 1.807) is 11.3 Å². The molecule has 0 radical (unpaired) electrons. The Balaban J connectivity index is 2.24. The predicted octanol–water partition coefficient (Wildman–Crippen LogP) is 5.31. The summed E-state index contributed by atoms with van der Waals surface area (Å²) in [5, 5.41) is 11.4. The molecule has 114 valence electrons. The van der Waals surface area contributed by atoms with Gasteiger partial charge in [-0.3, -0.25) is 0 Å². The van der Waals surface area contributed by atoms with Gasteiger partial charge in [-0.15, -0.1) is 11.3 Å². The Bertz CT molecular complexity index is 938. The SMILES string of the molecule is Cc1ccc(-c2cc(-c3cc(Br)cs3)c(C#N)c(N)n2)c(C)c1. The molecular formula is C18H14BrN3S. The van der Waals surface area contributed by atoms with Crippen LogP contribution in [0, 0.1) is 25.2 Å². The molecule has 23 heavy (non-hydrogen) atoms. The zero-order valence-electron chi connectivity index (χ0n) is 12.7. The number of anilines is 1.